The highest BCUT2D eigenvalue weighted by molar-refractivity contribution is 7.17. The van der Waals surface area contributed by atoms with Crippen molar-refractivity contribution >= 4 is 34.1 Å². The van der Waals surface area contributed by atoms with Gasteiger partial charge in [0.25, 0.3) is 5.91 Å². The molecule has 8 heteroatoms. The third kappa shape index (κ3) is 4.62. The van der Waals surface area contributed by atoms with Crippen molar-refractivity contribution in [3.05, 3.63) is 16.0 Å². The van der Waals surface area contributed by atoms with Gasteiger partial charge >= 0.3 is 5.97 Å². The first-order valence-electron chi connectivity index (χ1n) is 9.10. The maximum absolute atomic E-state index is 12.8. The van der Waals surface area contributed by atoms with Crippen LogP contribution in [0.15, 0.2) is 0 Å². The Hall–Kier alpha value is -1.93. The van der Waals surface area contributed by atoms with Crippen molar-refractivity contribution in [2.24, 2.45) is 0 Å². The van der Waals surface area contributed by atoms with Gasteiger partial charge in [0.15, 0.2) is 0 Å². The lowest BCUT2D eigenvalue weighted by molar-refractivity contribution is -0.138. The Morgan fingerprint density at radius 2 is 1.96 bits per heavy atom. The molecule has 142 valence electrons. The van der Waals surface area contributed by atoms with Gasteiger partial charge in [-0.15, -0.1) is 11.3 Å². The zero-order chi connectivity index (χ0) is 18.5. The third-order valence-electron chi connectivity index (χ3n) is 4.73. The number of rotatable bonds is 7. The van der Waals surface area contributed by atoms with E-state index in [1.165, 1.54) is 11.3 Å². The summed E-state index contributed by atoms with van der Waals surface area (Å²) in [7, 11) is 0. The number of nitrogens with one attached hydrogen (secondary N) is 2. The van der Waals surface area contributed by atoms with Gasteiger partial charge in [-0.2, -0.15) is 0 Å². The number of aryl methyl sites for hydroxylation is 1. The molecule has 0 radical (unpaired) electrons. The molecule has 3 N–H and O–H groups in total. The Morgan fingerprint density at radius 3 is 2.69 bits per heavy atom. The topological polar surface area (TPSA) is 105 Å². The van der Waals surface area contributed by atoms with E-state index in [2.05, 4.69) is 10.6 Å². The van der Waals surface area contributed by atoms with Crippen LogP contribution in [0, 0.1) is 0 Å². The number of thiophene rings is 1. The smallest absolute Gasteiger partial charge is 0.303 e. The number of ether oxygens (including phenoxy) is 1. The molecule has 1 aromatic heterocycles. The highest BCUT2D eigenvalue weighted by atomic mass is 32.1. The molecule has 0 unspecified atom stereocenters. The second kappa shape index (κ2) is 8.64. The molecular weight excluding hydrogens is 356 g/mol. The van der Waals surface area contributed by atoms with Crippen molar-refractivity contribution in [1.82, 2.24) is 5.32 Å². The molecule has 2 heterocycles. The van der Waals surface area contributed by atoms with Gasteiger partial charge in [0.2, 0.25) is 5.91 Å². The van der Waals surface area contributed by atoms with E-state index in [9.17, 15) is 14.4 Å². The summed E-state index contributed by atoms with van der Waals surface area (Å²) >= 11 is 1.44. The molecule has 1 aromatic rings. The SMILES string of the molecule is O=C(O)CCC(=O)Nc1sc2c(c1C(=O)NC[C@@H]1CCCO1)CCCC2. The summed E-state index contributed by atoms with van der Waals surface area (Å²) in [6.07, 6.45) is 5.55. The van der Waals surface area contributed by atoms with Crippen LogP contribution in [-0.2, 0) is 27.2 Å². The fourth-order valence-electron chi connectivity index (χ4n) is 3.40. The molecule has 0 aromatic carbocycles. The average molecular weight is 380 g/mol. The molecule has 7 nitrogen and oxygen atoms in total. The average Bonchev–Trinajstić information content (AvgIpc) is 3.25. The summed E-state index contributed by atoms with van der Waals surface area (Å²) < 4.78 is 5.55. The zero-order valence-corrected chi connectivity index (χ0v) is 15.5. The molecule has 0 spiro atoms. The van der Waals surface area contributed by atoms with Gasteiger partial charge in [-0.3, -0.25) is 14.4 Å². The number of carboxylic acid groups (broad SMARTS) is 1. The standard InChI is InChI=1S/C18H24N2O5S/c21-14(7-8-15(22)23)20-18-16(12-5-1-2-6-13(12)26-18)17(24)19-10-11-4-3-9-25-11/h11H,1-10H2,(H,19,24)(H,20,21)(H,22,23)/t11-/m0/s1. The van der Waals surface area contributed by atoms with Crippen molar-refractivity contribution in [2.45, 2.75) is 57.5 Å². The summed E-state index contributed by atoms with van der Waals surface area (Å²) in [5.74, 6) is -1.58. The molecule has 0 saturated carbocycles. The van der Waals surface area contributed by atoms with E-state index in [1.54, 1.807) is 0 Å². The molecule has 1 aliphatic heterocycles. The van der Waals surface area contributed by atoms with Crippen LogP contribution in [0.3, 0.4) is 0 Å². The summed E-state index contributed by atoms with van der Waals surface area (Å²) in [6.45, 7) is 1.20. The minimum Gasteiger partial charge on any atom is -0.481 e. The maximum atomic E-state index is 12.8. The first-order valence-corrected chi connectivity index (χ1v) is 9.92. The van der Waals surface area contributed by atoms with Crippen molar-refractivity contribution < 1.29 is 24.2 Å². The predicted octanol–water partition coefficient (Wildman–Crippen LogP) is 2.34. The normalized spacial score (nSPS) is 19.0. The molecule has 26 heavy (non-hydrogen) atoms. The summed E-state index contributed by atoms with van der Waals surface area (Å²) in [5.41, 5.74) is 1.57. The lowest BCUT2D eigenvalue weighted by Gasteiger charge is -2.15. The third-order valence-corrected chi connectivity index (χ3v) is 5.94. The van der Waals surface area contributed by atoms with Gasteiger partial charge in [0.1, 0.15) is 5.00 Å². The first kappa shape index (κ1) is 18.8. The van der Waals surface area contributed by atoms with Crippen molar-refractivity contribution in [3.8, 4) is 0 Å². The van der Waals surface area contributed by atoms with Crippen molar-refractivity contribution in [1.29, 1.82) is 0 Å². The Labute approximate surface area is 156 Å². The summed E-state index contributed by atoms with van der Waals surface area (Å²) in [5, 5.41) is 15.0. The van der Waals surface area contributed by atoms with Gasteiger partial charge in [0, 0.05) is 24.4 Å². The Kier molecular flexibility index (Phi) is 6.26. The van der Waals surface area contributed by atoms with Crippen LogP contribution in [0.2, 0.25) is 0 Å². The molecule has 2 amide bonds. The molecule has 3 rings (SSSR count). The number of amides is 2. The largest absolute Gasteiger partial charge is 0.481 e. The number of fused-ring (bicyclic) bond motifs is 1. The van der Waals surface area contributed by atoms with Crippen LogP contribution in [0.1, 0.15) is 59.3 Å². The highest BCUT2D eigenvalue weighted by Gasteiger charge is 2.27. The number of carboxylic acids is 1. The number of hydrogen-bond donors (Lipinski definition) is 3. The van der Waals surface area contributed by atoms with E-state index in [-0.39, 0.29) is 30.8 Å². The molecule has 0 bridgehead atoms. The minimum atomic E-state index is -1.01. The fraction of sp³-hybridized carbons (Fsp3) is 0.611. The lowest BCUT2D eigenvalue weighted by atomic mass is 9.95. The molecule has 1 aliphatic carbocycles. The number of carbonyl (C=O) groups is 3. The van der Waals surface area contributed by atoms with Crippen LogP contribution in [0.5, 0.6) is 0 Å². The van der Waals surface area contributed by atoms with E-state index in [4.69, 9.17) is 9.84 Å². The van der Waals surface area contributed by atoms with Crippen LogP contribution >= 0.6 is 11.3 Å². The van der Waals surface area contributed by atoms with E-state index >= 15 is 0 Å². The summed E-state index contributed by atoms with van der Waals surface area (Å²) in [4.78, 5) is 36.6. The number of aliphatic carboxylic acids is 1. The second-order valence-electron chi connectivity index (χ2n) is 6.70. The molecule has 2 aliphatic rings. The van der Waals surface area contributed by atoms with Gasteiger partial charge in [-0.05, 0) is 44.1 Å². The van der Waals surface area contributed by atoms with E-state index < -0.39 is 5.97 Å². The highest BCUT2D eigenvalue weighted by Crippen LogP contribution is 2.38. The number of carbonyl (C=O) groups excluding carboxylic acids is 2. The quantitative estimate of drug-likeness (QED) is 0.673. The number of hydrogen-bond acceptors (Lipinski definition) is 5. The van der Waals surface area contributed by atoms with Gasteiger partial charge < -0.3 is 20.5 Å². The summed E-state index contributed by atoms with van der Waals surface area (Å²) in [6, 6.07) is 0. The van der Waals surface area contributed by atoms with Gasteiger partial charge in [0.05, 0.1) is 18.1 Å². The Balaban J connectivity index is 1.73. The van der Waals surface area contributed by atoms with Crippen molar-refractivity contribution in [3.63, 3.8) is 0 Å². The fourth-order valence-corrected chi connectivity index (χ4v) is 4.71. The van der Waals surface area contributed by atoms with Gasteiger partial charge in [-0.25, -0.2) is 0 Å². The van der Waals surface area contributed by atoms with Crippen LogP contribution in [-0.4, -0.2) is 42.1 Å². The maximum Gasteiger partial charge on any atom is 0.303 e. The Morgan fingerprint density at radius 1 is 1.15 bits per heavy atom. The molecule has 1 saturated heterocycles. The lowest BCUT2D eigenvalue weighted by Crippen LogP contribution is -2.32. The van der Waals surface area contributed by atoms with Crippen LogP contribution in [0.25, 0.3) is 0 Å². The predicted molar refractivity (Wildman–Crippen MR) is 97.8 cm³/mol. The number of anilines is 1. The minimum absolute atomic E-state index is 0.0574. The molecule has 1 atom stereocenters. The second-order valence-corrected chi connectivity index (χ2v) is 7.81. The monoisotopic (exact) mass is 380 g/mol. The van der Waals surface area contributed by atoms with Crippen LogP contribution < -0.4 is 10.6 Å². The van der Waals surface area contributed by atoms with Gasteiger partial charge in [-0.1, -0.05) is 0 Å². The molecular formula is C18H24N2O5S. The van der Waals surface area contributed by atoms with Crippen molar-refractivity contribution in [2.75, 3.05) is 18.5 Å². The van der Waals surface area contributed by atoms with E-state index in [0.29, 0.717) is 17.1 Å². The van der Waals surface area contributed by atoms with Crippen LogP contribution in [0.4, 0.5) is 5.00 Å². The Bertz CT molecular complexity index is 694. The van der Waals surface area contributed by atoms with E-state index in [1.807, 2.05) is 0 Å². The first-order chi connectivity index (χ1) is 12.5. The van der Waals surface area contributed by atoms with E-state index in [0.717, 1.165) is 55.6 Å². The zero-order valence-electron chi connectivity index (χ0n) is 14.6. The molecule has 1 fully saturated rings.